The van der Waals surface area contributed by atoms with Gasteiger partial charge in [-0.3, -0.25) is 9.79 Å². The van der Waals surface area contributed by atoms with E-state index in [4.69, 9.17) is 4.74 Å². The lowest BCUT2D eigenvalue weighted by Gasteiger charge is -2.35. The summed E-state index contributed by atoms with van der Waals surface area (Å²) in [6.45, 7) is 10.5. The summed E-state index contributed by atoms with van der Waals surface area (Å²) in [4.78, 5) is 18.6. The average molecular weight is 488 g/mol. The van der Waals surface area contributed by atoms with Crippen LogP contribution in [-0.4, -0.2) is 56.1 Å². The second kappa shape index (κ2) is 12.9. The fourth-order valence-electron chi connectivity index (χ4n) is 3.02. The van der Waals surface area contributed by atoms with Crippen molar-refractivity contribution in [2.45, 2.75) is 39.7 Å². The lowest BCUT2D eigenvalue weighted by Crippen LogP contribution is -2.48. The summed E-state index contributed by atoms with van der Waals surface area (Å²) < 4.78 is 6.00. The molecule has 0 radical (unpaired) electrons. The molecule has 1 fully saturated rings. The average Bonchev–Trinajstić information content (AvgIpc) is 2.66. The van der Waals surface area contributed by atoms with Crippen LogP contribution in [-0.2, 0) is 9.53 Å². The number of hydrogen-bond donors (Lipinski definition) is 2. The van der Waals surface area contributed by atoms with Crippen LogP contribution in [0.25, 0.3) is 0 Å². The molecule has 6 nitrogen and oxygen atoms in total. The minimum Gasteiger partial charge on any atom is -0.370 e. The van der Waals surface area contributed by atoms with Gasteiger partial charge in [-0.1, -0.05) is 31.2 Å². The maximum Gasteiger partial charge on any atom is 0.221 e. The van der Waals surface area contributed by atoms with E-state index in [9.17, 15) is 4.79 Å². The van der Waals surface area contributed by atoms with Gasteiger partial charge in [0.25, 0.3) is 0 Å². The van der Waals surface area contributed by atoms with Gasteiger partial charge in [0.15, 0.2) is 5.96 Å². The highest BCUT2D eigenvalue weighted by atomic mass is 127. The zero-order valence-electron chi connectivity index (χ0n) is 16.7. The molecule has 0 spiro atoms. The van der Waals surface area contributed by atoms with Crippen LogP contribution in [0.5, 0.6) is 0 Å². The summed E-state index contributed by atoms with van der Waals surface area (Å²) >= 11 is 0. The van der Waals surface area contributed by atoms with Crippen LogP contribution in [0.1, 0.15) is 43.9 Å². The number of nitrogens with zero attached hydrogens (tertiary/aromatic N) is 2. The molecule has 1 aliphatic heterocycles. The number of ether oxygens (including phenoxy) is 1. The van der Waals surface area contributed by atoms with Gasteiger partial charge in [-0.15, -0.1) is 24.0 Å². The van der Waals surface area contributed by atoms with Crippen LogP contribution in [0.4, 0.5) is 0 Å². The van der Waals surface area contributed by atoms with E-state index in [0.717, 1.165) is 38.6 Å². The molecule has 1 saturated heterocycles. The fourth-order valence-corrected chi connectivity index (χ4v) is 3.02. The molecule has 1 heterocycles. The first kappa shape index (κ1) is 23.7. The van der Waals surface area contributed by atoms with Gasteiger partial charge in [-0.05, 0) is 31.4 Å². The third-order valence-corrected chi connectivity index (χ3v) is 4.41. The summed E-state index contributed by atoms with van der Waals surface area (Å²) in [5.74, 6) is 0.920. The lowest BCUT2D eigenvalue weighted by molar-refractivity contribution is -0.120. The Hall–Kier alpha value is -1.35. The summed E-state index contributed by atoms with van der Waals surface area (Å²) in [6.07, 6.45) is 1.41. The zero-order chi connectivity index (χ0) is 18.8. The summed E-state index contributed by atoms with van der Waals surface area (Å²) in [5, 5.41) is 6.23. The number of carbonyl (C=O) groups excluding carboxylic acids is 1. The Balaban J connectivity index is 0.00000364. The van der Waals surface area contributed by atoms with Crippen molar-refractivity contribution in [3.05, 3.63) is 35.4 Å². The van der Waals surface area contributed by atoms with Crippen molar-refractivity contribution >= 4 is 35.8 Å². The first-order chi connectivity index (χ1) is 12.7. The molecule has 1 aromatic carbocycles. The Morgan fingerprint density at radius 2 is 2.07 bits per heavy atom. The van der Waals surface area contributed by atoms with Crippen LogP contribution in [0.15, 0.2) is 29.3 Å². The van der Waals surface area contributed by atoms with E-state index in [0.29, 0.717) is 19.6 Å². The van der Waals surface area contributed by atoms with Gasteiger partial charge >= 0.3 is 0 Å². The number of hydrogen-bond acceptors (Lipinski definition) is 3. The molecule has 0 bridgehead atoms. The topological polar surface area (TPSA) is 66.0 Å². The Kier molecular flexibility index (Phi) is 11.3. The van der Waals surface area contributed by atoms with Gasteiger partial charge in [-0.2, -0.15) is 0 Å². The highest BCUT2D eigenvalue weighted by Crippen LogP contribution is 2.24. The highest BCUT2D eigenvalue weighted by molar-refractivity contribution is 14.0. The summed E-state index contributed by atoms with van der Waals surface area (Å²) in [5.41, 5.74) is 2.47. The van der Waals surface area contributed by atoms with E-state index in [1.54, 1.807) is 0 Å². The molecule has 1 atom stereocenters. The molecular formula is C20H33IN4O2. The third kappa shape index (κ3) is 7.65. The number of amides is 1. The normalized spacial score (nSPS) is 17.2. The minimum absolute atomic E-state index is 0. The van der Waals surface area contributed by atoms with Crippen LogP contribution >= 0.6 is 24.0 Å². The number of nitrogens with one attached hydrogen (secondary N) is 2. The van der Waals surface area contributed by atoms with Gasteiger partial charge in [0.1, 0.15) is 6.10 Å². The Labute approximate surface area is 180 Å². The Morgan fingerprint density at radius 1 is 1.30 bits per heavy atom. The van der Waals surface area contributed by atoms with E-state index >= 15 is 0 Å². The smallest absolute Gasteiger partial charge is 0.221 e. The van der Waals surface area contributed by atoms with Crippen LogP contribution in [0.3, 0.4) is 0 Å². The quantitative estimate of drug-likeness (QED) is 0.352. The molecule has 7 heteroatoms. The SMILES string of the molecule is CCCNC(=O)CCN=C(NCC)N1CCOC(c2ccccc2C)C1.I. The number of aliphatic imine (C=N–C) groups is 1. The highest BCUT2D eigenvalue weighted by Gasteiger charge is 2.25. The largest absolute Gasteiger partial charge is 0.370 e. The second-order valence-electron chi connectivity index (χ2n) is 6.50. The molecule has 2 rings (SSSR count). The number of carbonyl (C=O) groups is 1. The van der Waals surface area contributed by atoms with Crippen molar-refractivity contribution in [2.75, 3.05) is 39.3 Å². The number of morpholine rings is 1. The monoisotopic (exact) mass is 488 g/mol. The van der Waals surface area contributed by atoms with E-state index in [2.05, 4.69) is 58.6 Å². The molecule has 2 N–H and O–H groups in total. The van der Waals surface area contributed by atoms with Crippen molar-refractivity contribution in [3.63, 3.8) is 0 Å². The summed E-state index contributed by atoms with van der Waals surface area (Å²) in [6, 6.07) is 8.35. The number of halogens is 1. The van der Waals surface area contributed by atoms with E-state index in [1.165, 1.54) is 11.1 Å². The van der Waals surface area contributed by atoms with Crippen molar-refractivity contribution in [2.24, 2.45) is 4.99 Å². The fraction of sp³-hybridized carbons (Fsp3) is 0.600. The van der Waals surface area contributed by atoms with Crippen molar-refractivity contribution < 1.29 is 9.53 Å². The van der Waals surface area contributed by atoms with E-state index in [1.807, 2.05) is 6.92 Å². The molecule has 0 aliphatic carbocycles. The standard InChI is InChI=1S/C20H32N4O2.HI/c1-4-11-22-19(25)10-12-23-20(21-5-2)24-13-14-26-18(15-24)17-9-7-6-8-16(17)3;/h6-9,18H,4-5,10-15H2,1-3H3,(H,21,23)(H,22,25);1H. The third-order valence-electron chi connectivity index (χ3n) is 4.41. The molecule has 152 valence electrons. The minimum atomic E-state index is 0. The zero-order valence-corrected chi connectivity index (χ0v) is 19.0. The van der Waals surface area contributed by atoms with Crippen molar-refractivity contribution in [1.29, 1.82) is 0 Å². The predicted octanol–water partition coefficient (Wildman–Crippen LogP) is 2.87. The van der Waals surface area contributed by atoms with Crippen molar-refractivity contribution in [3.8, 4) is 0 Å². The lowest BCUT2D eigenvalue weighted by atomic mass is 10.0. The molecule has 1 aromatic rings. The van der Waals surface area contributed by atoms with E-state index in [-0.39, 0.29) is 36.0 Å². The second-order valence-corrected chi connectivity index (χ2v) is 6.50. The molecule has 1 aliphatic rings. The number of guanidine groups is 1. The number of benzene rings is 1. The first-order valence-corrected chi connectivity index (χ1v) is 9.62. The molecule has 1 unspecified atom stereocenters. The summed E-state index contributed by atoms with van der Waals surface area (Å²) in [7, 11) is 0. The molecule has 1 amide bonds. The Bertz CT molecular complexity index is 609. The van der Waals surface area contributed by atoms with Gasteiger partial charge in [0.2, 0.25) is 5.91 Å². The molecule has 0 saturated carbocycles. The van der Waals surface area contributed by atoms with E-state index < -0.39 is 0 Å². The number of rotatable bonds is 7. The molecule has 27 heavy (non-hydrogen) atoms. The first-order valence-electron chi connectivity index (χ1n) is 9.62. The van der Waals surface area contributed by atoms with Crippen molar-refractivity contribution in [1.82, 2.24) is 15.5 Å². The van der Waals surface area contributed by atoms with Gasteiger partial charge in [0.05, 0.1) is 19.7 Å². The molecular weight excluding hydrogens is 455 g/mol. The van der Waals surface area contributed by atoms with Gasteiger partial charge in [0, 0.05) is 26.1 Å². The Morgan fingerprint density at radius 3 is 2.78 bits per heavy atom. The number of aryl methyl sites for hydroxylation is 1. The van der Waals surface area contributed by atoms with Gasteiger partial charge < -0.3 is 20.3 Å². The molecule has 0 aromatic heterocycles. The van der Waals surface area contributed by atoms with Crippen LogP contribution in [0, 0.1) is 6.92 Å². The predicted molar refractivity (Wildman–Crippen MR) is 121 cm³/mol. The maximum absolute atomic E-state index is 11.8. The van der Waals surface area contributed by atoms with Crippen LogP contribution < -0.4 is 10.6 Å². The van der Waals surface area contributed by atoms with Gasteiger partial charge in [-0.25, -0.2) is 0 Å². The van der Waals surface area contributed by atoms with Crippen LogP contribution in [0.2, 0.25) is 0 Å². The maximum atomic E-state index is 11.8.